The second-order valence-corrected chi connectivity index (χ2v) is 6.29. The number of halogens is 1. The topological polar surface area (TPSA) is 72.2 Å². The van der Waals surface area contributed by atoms with E-state index in [1.54, 1.807) is 0 Å². The van der Waals surface area contributed by atoms with Gasteiger partial charge in [-0.15, -0.1) is 11.3 Å². The predicted molar refractivity (Wildman–Crippen MR) is 84.1 cm³/mol. The Morgan fingerprint density at radius 2 is 2.14 bits per heavy atom. The highest BCUT2D eigenvalue weighted by atomic mass is 79.9. The van der Waals surface area contributed by atoms with Crippen molar-refractivity contribution in [3.8, 4) is 0 Å². The summed E-state index contributed by atoms with van der Waals surface area (Å²) >= 11 is 4.35. The van der Waals surface area contributed by atoms with Gasteiger partial charge in [-0.3, -0.25) is 9.36 Å². The number of rotatable bonds is 3. The summed E-state index contributed by atoms with van der Waals surface area (Å²) in [5, 5.41) is 10.2. The van der Waals surface area contributed by atoms with Crippen molar-refractivity contribution in [1.29, 1.82) is 0 Å². The first-order chi connectivity index (χ1) is 10.1. The van der Waals surface area contributed by atoms with Crippen molar-refractivity contribution in [1.82, 2.24) is 9.55 Å². The smallest absolute Gasteiger partial charge is 0.346 e. The normalized spacial score (nSPS) is 10.9. The molecule has 0 radical (unpaired) electrons. The van der Waals surface area contributed by atoms with Crippen LogP contribution < -0.4 is 5.56 Å². The van der Waals surface area contributed by atoms with Crippen LogP contribution in [0.4, 0.5) is 0 Å². The molecule has 0 spiro atoms. The van der Waals surface area contributed by atoms with Crippen molar-refractivity contribution in [2.75, 3.05) is 0 Å². The molecule has 106 valence electrons. The van der Waals surface area contributed by atoms with E-state index < -0.39 is 5.97 Å². The highest BCUT2D eigenvalue weighted by Crippen LogP contribution is 2.31. The van der Waals surface area contributed by atoms with Crippen molar-refractivity contribution >= 4 is 43.3 Å². The molecule has 0 saturated carbocycles. The molecule has 21 heavy (non-hydrogen) atoms. The molecule has 0 unspecified atom stereocenters. The third-order valence-electron chi connectivity index (χ3n) is 3.08. The first-order valence-corrected chi connectivity index (χ1v) is 7.62. The highest BCUT2D eigenvalue weighted by Gasteiger charge is 2.18. The van der Waals surface area contributed by atoms with Crippen molar-refractivity contribution in [2.24, 2.45) is 0 Å². The fourth-order valence-electron chi connectivity index (χ4n) is 2.14. The lowest BCUT2D eigenvalue weighted by atomic mass is 10.1. The van der Waals surface area contributed by atoms with Crippen molar-refractivity contribution < 1.29 is 9.90 Å². The number of benzene rings is 1. The summed E-state index contributed by atoms with van der Waals surface area (Å²) in [4.78, 5) is 27.7. The molecule has 0 bridgehead atoms. The molecule has 3 aromatic rings. The maximum atomic E-state index is 12.0. The summed E-state index contributed by atoms with van der Waals surface area (Å²) in [6.45, 7) is 0.178. The predicted octanol–water partition coefficient (Wildman–Crippen LogP) is 2.97. The monoisotopic (exact) mass is 364 g/mol. The first kappa shape index (κ1) is 14.0. The number of carboxylic acids is 1. The molecule has 0 amide bonds. The Morgan fingerprint density at radius 3 is 2.90 bits per heavy atom. The molecule has 0 aliphatic carbocycles. The van der Waals surface area contributed by atoms with Crippen LogP contribution in [0.25, 0.3) is 10.1 Å². The van der Waals surface area contributed by atoms with Gasteiger partial charge in [0.15, 0.2) is 0 Å². The van der Waals surface area contributed by atoms with Crippen LogP contribution in [0.5, 0.6) is 0 Å². The summed E-state index contributed by atoms with van der Waals surface area (Å²) in [5.41, 5.74) is 0.390. The Balaban J connectivity index is 2.19. The van der Waals surface area contributed by atoms with Gasteiger partial charge < -0.3 is 5.11 Å². The molecule has 2 aromatic heterocycles. The number of hydrogen-bond acceptors (Lipinski definition) is 4. The van der Waals surface area contributed by atoms with Gasteiger partial charge in [-0.1, -0.05) is 18.2 Å². The molecular weight excluding hydrogens is 356 g/mol. The lowest BCUT2D eigenvalue weighted by Gasteiger charge is -2.06. The van der Waals surface area contributed by atoms with Crippen molar-refractivity contribution in [3.63, 3.8) is 0 Å². The number of hydrogen-bond donors (Lipinski definition) is 1. The highest BCUT2D eigenvalue weighted by molar-refractivity contribution is 9.10. The minimum absolute atomic E-state index is 0.178. The van der Waals surface area contributed by atoms with E-state index in [4.69, 9.17) is 0 Å². The minimum Gasteiger partial charge on any atom is -0.477 e. The molecule has 1 aromatic carbocycles. The van der Waals surface area contributed by atoms with Gasteiger partial charge in [-0.05, 0) is 27.4 Å². The number of thiophene rings is 1. The van der Waals surface area contributed by atoms with Gasteiger partial charge in [-0.25, -0.2) is 9.78 Å². The zero-order chi connectivity index (χ0) is 15.0. The third-order valence-corrected chi connectivity index (χ3v) is 4.83. The second kappa shape index (κ2) is 5.42. The van der Waals surface area contributed by atoms with Crippen LogP contribution in [0.1, 0.15) is 15.2 Å². The van der Waals surface area contributed by atoms with E-state index in [9.17, 15) is 14.7 Å². The van der Waals surface area contributed by atoms with Crippen LogP contribution in [-0.4, -0.2) is 20.6 Å². The summed E-state index contributed by atoms with van der Waals surface area (Å²) in [6, 6.07) is 7.45. The van der Waals surface area contributed by atoms with Gasteiger partial charge in [0.25, 0.3) is 5.56 Å². The van der Waals surface area contributed by atoms with E-state index in [0.717, 1.165) is 10.1 Å². The van der Waals surface area contributed by atoms with E-state index in [2.05, 4.69) is 20.9 Å². The standard InChI is InChI=1S/C14H9BrN2O3S/c15-10-5-16-7-17(13(10)18)6-9-8-3-1-2-4-11(8)21-12(9)14(19)20/h1-5,7H,6H2,(H,19,20). The minimum atomic E-state index is -0.984. The maximum absolute atomic E-state index is 12.0. The van der Waals surface area contributed by atoms with Gasteiger partial charge in [0.05, 0.1) is 12.9 Å². The van der Waals surface area contributed by atoms with Crippen LogP contribution in [0.2, 0.25) is 0 Å². The second-order valence-electron chi connectivity index (χ2n) is 4.39. The molecule has 0 saturated heterocycles. The lowest BCUT2D eigenvalue weighted by Crippen LogP contribution is -2.21. The van der Waals surface area contributed by atoms with E-state index in [0.29, 0.717) is 10.0 Å². The van der Waals surface area contributed by atoms with Crippen LogP contribution in [-0.2, 0) is 6.54 Å². The van der Waals surface area contributed by atoms with Gasteiger partial charge in [0.2, 0.25) is 0 Å². The van der Waals surface area contributed by atoms with E-state index >= 15 is 0 Å². The Hall–Kier alpha value is -1.99. The van der Waals surface area contributed by atoms with E-state index in [1.165, 1.54) is 28.4 Å². The SMILES string of the molecule is O=C(O)c1sc2ccccc2c1Cn1cncc(Br)c1=O. The van der Waals surface area contributed by atoms with Crippen LogP contribution in [0.15, 0.2) is 46.1 Å². The van der Waals surface area contributed by atoms with Crippen molar-refractivity contribution in [2.45, 2.75) is 6.54 Å². The lowest BCUT2D eigenvalue weighted by molar-refractivity contribution is 0.0701. The number of nitrogens with zero attached hydrogens (tertiary/aromatic N) is 2. The number of carboxylic acid groups (broad SMARTS) is 1. The molecule has 0 atom stereocenters. The largest absolute Gasteiger partial charge is 0.477 e. The van der Waals surface area contributed by atoms with E-state index in [1.807, 2.05) is 24.3 Å². The third kappa shape index (κ3) is 2.50. The molecule has 0 fully saturated rings. The van der Waals surface area contributed by atoms with Gasteiger partial charge in [-0.2, -0.15) is 0 Å². The van der Waals surface area contributed by atoms with Gasteiger partial charge >= 0.3 is 5.97 Å². The maximum Gasteiger partial charge on any atom is 0.346 e. The van der Waals surface area contributed by atoms with Gasteiger partial charge in [0, 0.05) is 16.5 Å². The first-order valence-electron chi connectivity index (χ1n) is 6.01. The molecule has 3 rings (SSSR count). The molecule has 7 heteroatoms. The quantitative estimate of drug-likeness (QED) is 0.775. The summed E-state index contributed by atoms with van der Waals surface area (Å²) in [6.07, 6.45) is 2.83. The summed E-state index contributed by atoms with van der Waals surface area (Å²) in [7, 11) is 0. The van der Waals surface area contributed by atoms with Crippen LogP contribution in [0.3, 0.4) is 0 Å². The molecule has 2 heterocycles. The van der Waals surface area contributed by atoms with Crippen molar-refractivity contribution in [3.05, 3.63) is 62.1 Å². The Bertz CT molecular complexity index is 901. The Kier molecular flexibility index (Phi) is 3.60. The molecule has 1 N–H and O–H groups in total. The number of aromatic nitrogens is 2. The fraction of sp³-hybridized carbons (Fsp3) is 0.0714. The van der Waals surface area contributed by atoms with Crippen LogP contribution >= 0.6 is 27.3 Å². The number of carbonyl (C=O) groups is 1. The molecule has 5 nitrogen and oxygen atoms in total. The molecule has 0 aliphatic heterocycles. The average Bonchev–Trinajstić information content (AvgIpc) is 2.83. The number of fused-ring (bicyclic) bond motifs is 1. The van der Waals surface area contributed by atoms with Crippen LogP contribution in [0, 0.1) is 0 Å². The average molecular weight is 365 g/mol. The molecular formula is C14H9BrN2O3S. The van der Waals surface area contributed by atoms with Gasteiger partial charge in [0.1, 0.15) is 9.35 Å². The zero-order valence-electron chi connectivity index (χ0n) is 10.6. The number of aromatic carboxylic acids is 1. The molecule has 0 aliphatic rings. The fourth-order valence-corrected chi connectivity index (χ4v) is 3.53. The Labute approximate surface area is 131 Å². The zero-order valence-corrected chi connectivity index (χ0v) is 13.0. The summed E-state index contributed by atoms with van der Waals surface area (Å²) < 4.78 is 2.63. The Morgan fingerprint density at radius 1 is 1.38 bits per heavy atom. The van der Waals surface area contributed by atoms with E-state index in [-0.39, 0.29) is 17.0 Å². The summed E-state index contributed by atoms with van der Waals surface area (Å²) in [5.74, 6) is -0.984.